The van der Waals surface area contributed by atoms with Gasteiger partial charge in [-0.1, -0.05) is 12.8 Å². The summed E-state index contributed by atoms with van der Waals surface area (Å²) in [6.07, 6.45) is 7.89. The molecule has 4 nitrogen and oxygen atoms in total. The van der Waals surface area contributed by atoms with Crippen LogP contribution in [0.5, 0.6) is 0 Å². The Kier molecular flexibility index (Phi) is 5.23. The van der Waals surface area contributed by atoms with Crippen molar-refractivity contribution in [2.45, 2.75) is 51.0 Å². The molecular weight excluding hydrogens is 246 g/mol. The molecule has 2 N–H and O–H groups in total. The molecule has 0 bridgehead atoms. The molecule has 1 saturated heterocycles. The van der Waals surface area contributed by atoms with Gasteiger partial charge in [-0.25, -0.2) is 0 Å². The van der Waals surface area contributed by atoms with Gasteiger partial charge < -0.3 is 15.5 Å². The van der Waals surface area contributed by atoms with Crippen LogP contribution in [0.1, 0.15) is 44.9 Å². The van der Waals surface area contributed by atoms with Crippen LogP contribution in [0.25, 0.3) is 0 Å². The smallest absolute Gasteiger partial charge is 0.224 e. The average molecular weight is 269 g/mol. The van der Waals surface area contributed by atoms with Gasteiger partial charge in [0.15, 0.2) is 5.11 Å². The second-order valence-corrected chi connectivity index (χ2v) is 5.63. The maximum Gasteiger partial charge on any atom is 0.224 e. The molecular formula is C13H23N3OS. The Labute approximate surface area is 114 Å². The summed E-state index contributed by atoms with van der Waals surface area (Å²) in [6, 6.07) is 0.541. The van der Waals surface area contributed by atoms with E-state index in [0.717, 1.165) is 25.9 Å². The van der Waals surface area contributed by atoms with Crippen molar-refractivity contribution in [3.05, 3.63) is 0 Å². The summed E-state index contributed by atoms with van der Waals surface area (Å²) in [5.41, 5.74) is 0. The summed E-state index contributed by atoms with van der Waals surface area (Å²) in [5.74, 6) is 0.253. The molecule has 0 aromatic heterocycles. The zero-order valence-corrected chi connectivity index (χ0v) is 11.7. The van der Waals surface area contributed by atoms with Crippen molar-refractivity contribution >= 4 is 23.2 Å². The van der Waals surface area contributed by atoms with Crippen LogP contribution in [0.3, 0.4) is 0 Å². The van der Waals surface area contributed by atoms with E-state index in [1.54, 1.807) is 0 Å². The molecule has 2 fully saturated rings. The number of nitrogens with one attached hydrogen (secondary N) is 2. The predicted molar refractivity (Wildman–Crippen MR) is 76.4 cm³/mol. The predicted octanol–water partition coefficient (Wildman–Crippen LogP) is 1.41. The number of likely N-dealkylation sites (tertiary alicyclic amines) is 1. The lowest BCUT2D eigenvalue weighted by molar-refractivity contribution is -0.129. The van der Waals surface area contributed by atoms with Gasteiger partial charge in [-0.05, 0) is 37.9 Å². The first kappa shape index (κ1) is 13.6. The van der Waals surface area contributed by atoms with E-state index in [1.165, 1.54) is 25.7 Å². The Morgan fingerprint density at radius 3 is 2.50 bits per heavy atom. The third kappa shape index (κ3) is 4.12. The zero-order chi connectivity index (χ0) is 12.8. The normalized spacial score (nSPS) is 20.1. The zero-order valence-electron chi connectivity index (χ0n) is 10.9. The minimum atomic E-state index is 0.253. The van der Waals surface area contributed by atoms with Crippen LogP contribution in [0, 0.1) is 0 Å². The maximum absolute atomic E-state index is 11.8. The van der Waals surface area contributed by atoms with E-state index in [2.05, 4.69) is 10.6 Å². The highest BCUT2D eigenvalue weighted by Crippen LogP contribution is 2.17. The molecule has 0 aromatic carbocycles. The topological polar surface area (TPSA) is 44.4 Å². The van der Waals surface area contributed by atoms with Crippen LogP contribution in [0.4, 0.5) is 0 Å². The minimum Gasteiger partial charge on any atom is -0.362 e. The van der Waals surface area contributed by atoms with Crippen LogP contribution in [-0.2, 0) is 4.79 Å². The molecule has 0 atom stereocenters. The summed E-state index contributed by atoms with van der Waals surface area (Å²) in [6.45, 7) is 2.51. The van der Waals surface area contributed by atoms with Crippen LogP contribution >= 0.6 is 12.2 Å². The summed E-state index contributed by atoms with van der Waals surface area (Å²) in [5, 5.41) is 7.16. The molecule has 0 radical (unpaired) electrons. The quantitative estimate of drug-likeness (QED) is 0.757. The largest absolute Gasteiger partial charge is 0.362 e. The van der Waals surface area contributed by atoms with Crippen LogP contribution in [0.2, 0.25) is 0 Å². The minimum absolute atomic E-state index is 0.253. The van der Waals surface area contributed by atoms with Crippen molar-refractivity contribution < 1.29 is 4.79 Å². The fourth-order valence-electron chi connectivity index (χ4n) is 2.71. The lowest BCUT2D eigenvalue weighted by atomic mass is 10.2. The molecule has 1 heterocycles. The fraction of sp³-hybridized carbons (Fsp3) is 0.846. The van der Waals surface area contributed by atoms with Crippen molar-refractivity contribution in [3.8, 4) is 0 Å². The molecule has 1 saturated carbocycles. The van der Waals surface area contributed by atoms with Crippen molar-refractivity contribution in [1.29, 1.82) is 0 Å². The van der Waals surface area contributed by atoms with Crippen LogP contribution in [-0.4, -0.2) is 41.6 Å². The number of hydrogen-bond acceptors (Lipinski definition) is 2. The number of carbonyl (C=O) groups excluding carboxylic acids is 1. The standard InChI is InChI=1S/C13H23N3OS/c17-12(16-9-3-4-10-16)7-8-14-13(18)15-11-5-1-2-6-11/h11H,1-10H2,(H2,14,15,18). The molecule has 2 aliphatic rings. The average Bonchev–Trinajstić information content (AvgIpc) is 3.00. The number of hydrogen-bond donors (Lipinski definition) is 2. The van der Waals surface area contributed by atoms with Gasteiger partial charge in [0, 0.05) is 32.1 Å². The van der Waals surface area contributed by atoms with E-state index < -0.39 is 0 Å². The van der Waals surface area contributed by atoms with E-state index in [-0.39, 0.29) is 5.91 Å². The first-order chi connectivity index (χ1) is 8.75. The molecule has 5 heteroatoms. The molecule has 1 amide bonds. The molecule has 0 aromatic rings. The van der Waals surface area contributed by atoms with Crippen molar-refractivity contribution in [1.82, 2.24) is 15.5 Å². The molecule has 2 rings (SSSR count). The SMILES string of the molecule is O=C(CCNC(=S)NC1CCCC1)N1CCCC1. The van der Waals surface area contributed by atoms with E-state index in [0.29, 0.717) is 24.1 Å². The number of nitrogens with zero attached hydrogens (tertiary/aromatic N) is 1. The lowest BCUT2D eigenvalue weighted by Crippen LogP contribution is -2.42. The van der Waals surface area contributed by atoms with Crippen molar-refractivity contribution in [2.75, 3.05) is 19.6 Å². The summed E-state index contributed by atoms with van der Waals surface area (Å²) >= 11 is 5.23. The van der Waals surface area contributed by atoms with Gasteiger partial charge in [-0.3, -0.25) is 4.79 Å². The van der Waals surface area contributed by atoms with E-state index in [4.69, 9.17) is 12.2 Å². The third-order valence-corrected chi connectivity index (χ3v) is 4.04. The van der Waals surface area contributed by atoms with Gasteiger partial charge >= 0.3 is 0 Å². The number of amides is 1. The van der Waals surface area contributed by atoms with Gasteiger partial charge in [0.1, 0.15) is 0 Å². The van der Waals surface area contributed by atoms with Gasteiger partial charge in [0.2, 0.25) is 5.91 Å². The van der Waals surface area contributed by atoms with E-state index >= 15 is 0 Å². The van der Waals surface area contributed by atoms with Gasteiger partial charge in [-0.15, -0.1) is 0 Å². The Hall–Kier alpha value is -0.840. The summed E-state index contributed by atoms with van der Waals surface area (Å²) in [4.78, 5) is 13.7. The Morgan fingerprint density at radius 2 is 1.83 bits per heavy atom. The molecule has 18 heavy (non-hydrogen) atoms. The third-order valence-electron chi connectivity index (χ3n) is 3.77. The highest BCUT2D eigenvalue weighted by molar-refractivity contribution is 7.80. The van der Waals surface area contributed by atoms with Gasteiger partial charge in [-0.2, -0.15) is 0 Å². The molecule has 1 aliphatic carbocycles. The molecule has 0 unspecified atom stereocenters. The van der Waals surface area contributed by atoms with E-state index in [1.807, 2.05) is 4.90 Å². The molecule has 0 spiro atoms. The first-order valence-corrected chi connectivity index (χ1v) is 7.48. The fourth-order valence-corrected chi connectivity index (χ4v) is 2.98. The van der Waals surface area contributed by atoms with Gasteiger partial charge in [0.25, 0.3) is 0 Å². The molecule has 1 aliphatic heterocycles. The first-order valence-electron chi connectivity index (χ1n) is 7.08. The number of thiocarbonyl (C=S) groups is 1. The second kappa shape index (κ2) is 6.92. The lowest BCUT2D eigenvalue weighted by Gasteiger charge is -2.17. The van der Waals surface area contributed by atoms with Crippen molar-refractivity contribution in [2.24, 2.45) is 0 Å². The highest BCUT2D eigenvalue weighted by Gasteiger charge is 2.18. The van der Waals surface area contributed by atoms with E-state index in [9.17, 15) is 4.79 Å². The summed E-state index contributed by atoms with van der Waals surface area (Å²) < 4.78 is 0. The molecule has 102 valence electrons. The Balaban J connectivity index is 1.56. The maximum atomic E-state index is 11.8. The summed E-state index contributed by atoms with van der Waals surface area (Å²) in [7, 11) is 0. The number of rotatable bonds is 4. The van der Waals surface area contributed by atoms with Crippen LogP contribution < -0.4 is 10.6 Å². The number of carbonyl (C=O) groups is 1. The van der Waals surface area contributed by atoms with Crippen LogP contribution in [0.15, 0.2) is 0 Å². The second-order valence-electron chi connectivity index (χ2n) is 5.22. The van der Waals surface area contributed by atoms with Gasteiger partial charge in [0.05, 0.1) is 0 Å². The Morgan fingerprint density at radius 1 is 1.17 bits per heavy atom. The van der Waals surface area contributed by atoms with Crippen molar-refractivity contribution in [3.63, 3.8) is 0 Å². The highest BCUT2D eigenvalue weighted by atomic mass is 32.1. The monoisotopic (exact) mass is 269 g/mol. The Bertz CT molecular complexity index is 297.